The van der Waals surface area contributed by atoms with Crippen LogP contribution in [0.3, 0.4) is 0 Å². The van der Waals surface area contributed by atoms with Gasteiger partial charge in [0.1, 0.15) is 0 Å². The smallest absolute Gasteiger partial charge is 0.222 e. The highest BCUT2D eigenvalue weighted by Gasteiger charge is 2.17. The van der Waals surface area contributed by atoms with Crippen LogP contribution in [0.1, 0.15) is 22.9 Å². The van der Waals surface area contributed by atoms with E-state index in [4.69, 9.17) is 11.6 Å². The Balaban J connectivity index is 1.71. The lowest BCUT2D eigenvalue weighted by Crippen LogP contribution is -2.29. The van der Waals surface area contributed by atoms with Gasteiger partial charge in [0.15, 0.2) is 0 Å². The second-order valence-corrected chi connectivity index (χ2v) is 6.53. The molecule has 2 heterocycles. The van der Waals surface area contributed by atoms with Crippen LogP contribution >= 0.6 is 22.9 Å². The molecule has 0 aliphatic heterocycles. The van der Waals surface area contributed by atoms with Gasteiger partial charge in [0.05, 0.1) is 12.4 Å². The van der Waals surface area contributed by atoms with Gasteiger partial charge in [0.2, 0.25) is 5.91 Å². The number of halogens is 1. The van der Waals surface area contributed by atoms with Crippen LogP contribution in [0.15, 0.2) is 60.5 Å². The van der Waals surface area contributed by atoms with E-state index in [1.165, 1.54) is 0 Å². The molecule has 6 heteroatoms. The van der Waals surface area contributed by atoms with E-state index in [0.29, 0.717) is 18.0 Å². The third-order valence-corrected chi connectivity index (χ3v) is 4.68. The van der Waals surface area contributed by atoms with E-state index in [-0.39, 0.29) is 11.9 Å². The number of amides is 1. The highest BCUT2D eigenvalue weighted by Crippen LogP contribution is 2.27. The van der Waals surface area contributed by atoms with Crippen molar-refractivity contribution in [3.63, 3.8) is 0 Å². The van der Waals surface area contributed by atoms with Gasteiger partial charge < -0.3 is 9.88 Å². The number of aryl methyl sites for hydroxylation is 1. The van der Waals surface area contributed by atoms with Crippen molar-refractivity contribution in [1.82, 2.24) is 14.9 Å². The Kier molecular flexibility index (Phi) is 5.10. The topological polar surface area (TPSA) is 46.9 Å². The molecular weight excluding hydrogens is 330 g/mol. The molecule has 0 aliphatic rings. The minimum atomic E-state index is -0.150. The van der Waals surface area contributed by atoms with Crippen LogP contribution in [0.5, 0.6) is 0 Å². The molecule has 4 nitrogen and oxygen atoms in total. The molecule has 1 atom stereocenters. The average molecular weight is 346 g/mol. The standard InChI is InChI=1S/C17H16ClN3OS/c18-14-5-3-13(4-6-14)17(15-2-1-11-23-15)20-16(22)7-9-21-10-8-19-12-21/h1-6,8,10-12,17H,7,9H2,(H,20,22)/t17-/m1/s1. The predicted molar refractivity (Wildman–Crippen MR) is 92.6 cm³/mol. The van der Waals surface area contributed by atoms with Gasteiger partial charge in [-0.1, -0.05) is 29.8 Å². The minimum absolute atomic E-state index is 0.00653. The van der Waals surface area contributed by atoms with Gasteiger partial charge in [-0.25, -0.2) is 4.98 Å². The molecule has 118 valence electrons. The Morgan fingerprint density at radius 3 is 2.78 bits per heavy atom. The molecule has 3 rings (SSSR count). The Hall–Kier alpha value is -2.11. The van der Waals surface area contributed by atoms with Gasteiger partial charge in [-0.2, -0.15) is 0 Å². The predicted octanol–water partition coefficient (Wildman–Crippen LogP) is 3.89. The summed E-state index contributed by atoms with van der Waals surface area (Å²) < 4.78 is 1.89. The molecular formula is C17H16ClN3OS. The highest BCUT2D eigenvalue weighted by molar-refractivity contribution is 7.10. The molecule has 2 aromatic heterocycles. The van der Waals surface area contributed by atoms with Crippen molar-refractivity contribution in [2.24, 2.45) is 0 Å². The van der Waals surface area contributed by atoms with Gasteiger partial charge in [0.25, 0.3) is 0 Å². The van der Waals surface area contributed by atoms with E-state index >= 15 is 0 Å². The number of hydrogen-bond donors (Lipinski definition) is 1. The van der Waals surface area contributed by atoms with Crippen LogP contribution in [0.25, 0.3) is 0 Å². The number of nitrogens with one attached hydrogen (secondary N) is 1. The number of imidazole rings is 1. The van der Waals surface area contributed by atoms with Crippen molar-refractivity contribution in [3.8, 4) is 0 Å². The van der Waals surface area contributed by atoms with Gasteiger partial charge in [0, 0.05) is 35.3 Å². The monoisotopic (exact) mass is 345 g/mol. The quantitative estimate of drug-likeness (QED) is 0.736. The van der Waals surface area contributed by atoms with Crippen molar-refractivity contribution in [2.75, 3.05) is 0 Å². The number of thiophene rings is 1. The van der Waals surface area contributed by atoms with Crippen LogP contribution in [0, 0.1) is 0 Å². The molecule has 0 fully saturated rings. The fourth-order valence-corrected chi connectivity index (χ4v) is 3.24. The van der Waals surface area contributed by atoms with E-state index in [1.54, 1.807) is 23.9 Å². The first-order valence-corrected chi connectivity index (χ1v) is 8.52. The second-order valence-electron chi connectivity index (χ2n) is 5.12. The number of carbonyl (C=O) groups excluding carboxylic acids is 1. The Morgan fingerprint density at radius 1 is 1.30 bits per heavy atom. The first-order chi connectivity index (χ1) is 11.2. The van der Waals surface area contributed by atoms with Crippen LogP contribution in [-0.2, 0) is 11.3 Å². The van der Waals surface area contributed by atoms with Gasteiger partial charge in [-0.15, -0.1) is 11.3 Å². The molecule has 1 amide bonds. The molecule has 23 heavy (non-hydrogen) atoms. The zero-order valence-electron chi connectivity index (χ0n) is 12.4. The molecule has 0 radical (unpaired) electrons. The molecule has 3 aromatic rings. The molecule has 0 saturated carbocycles. The second kappa shape index (κ2) is 7.44. The summed E-state index contributed by atoms with van der Waals surface area (Å²) >= 11 is 7.59. The van der Waals surface area contributed by atoms with Crippen LogP contribution in [0.4, 0.5) is 0 Å². The van der Waals surface area contributed by atoms with E-state index in [1.807, 2.05) is 52.5 Å². The van der Waals surface area contributed by atoms with E-state index < -0.39 is 0 Å². The van der Waals surface area contributed by atoms with Crippen molar-refractivity contribution >= 4 is 28.8 Å². The normalized spacial score (nSPS) is 12.0. The Labute approximate surface area is 143 Å². The molecule has 0 unspecified atom stereocenters. The number of nitrogens with zero attached hydrogens (tertiary/aromatic N) is 2. The fraction of sp³-hybridized carbons (Fsp3) is 0.176. The summed E-state index contributed by atoms with van der Waals surface area (Å²) in [5.41, 5.74) is 1.02. The highest BCUT2D eigenvalue weighted by atomic mass is 35.5. The van der Waals surface area contributed by atoms with Crippen molar-refractivity contribution in [2.45, 2.75) is 19.0 Å². The maximum Gasteiger partial charge on any atom is 0.222 e. The SMILES string of the molecule is O=C(CCn1ccnc1)N[C@H](c1ccc(Cl)cc1)c1cccs1. The van der Waals surface area contributed by atoms with E-state index in [9.17, 15) is 4.79 Å². The molecule has 0 aliphatic carbocycles. The molecule has 0 spiro atoms. The summed E-state index contributed by atoms with van der Waals surface area (Å²) in [6.45, 7) is 0.615. The summed E-state index contributed by atoms with van der Waals surface area (Å²) in [7, 11) is 0. The van der Waals surface area contributed by atoms with Crippen molar-refractivity contribution < 1.29 is 4.79 Å². The lowest BCUT2D eigenvalue weighted by atomic mass is 10.1. The first-order valence-electron chi connectivity index (χ1n) is 7.26. The minimum Gasteiger partial charge on any atom is -0.344 e. The van der Waals surface area contributed by atoms with Crippen molar-refractivity contribution in [1.29, 1.82) is 0 Å². The number of rotatable bonds is 6. The van der Waals surface area contributed by atoms with Crippen LogP contribution in [0.2, 0.25) is 5.02 Å². The van der Waals surface area contributed by atoms with Crippen molar-refractivity contribution in [3.05, 3.63) is 76.0 Å². The zero-order chi connectivity index (χ0) is 16.1. The molecule has 1 aromatic carbocycles. The van der Waals surface area contributed by atoms with Gasteiger partial charge in [-0.05, 0) is 29.1 Å². The Bertz CT molecular complexity index is 739. The first kappa shape index (κ1) is 15.8. The van der Waals surface area contributed by atoms with Crippen LogP contribution < -0.4 is 5.32 Å². The maximum atomic E-state index is 12.3. The molecule has 1 N–H and O–H groups in total. The lowest BCUT2D eigenvalue weighted by Gasteiger charge is -2.18. The number of hydrogen-bond acceptors (Lipinski definition) is 3. The third kappa shape index (κ3) is 4.21. The summed E-state index contributed by atoms with van der Waals surface area (Å²) in [4.78, 5) is 17.4. The zero-order valence-corrected chi connectivity index (χ0v) is 13.9. The summed E-state index contributed by atoms with van der Waals surface area (Å²) in [6.07, 6.45) is 5.68. The van der Waals surface area contributed by atoms with E-state index in [0.717, 1.165) is 10.4 Å². The van der Waals surface area contributed by atoms with Gasteiger partial charge >= 0.3 is 0 Å². The Morgan fingerprint density at radius 2 is 2.13 bits per heavy atom. The molecule has 0 bridgehead atoms. The average Bonchev–Trinajstić information content (AvgIpc) is 3.25. The summed E-state index contributed by atoms with van der Waals surface area (Å²) in [5.74, 6) is 0.00653. The number of benzene rings is 1. The summed E-state index contributed by atoms with van der Waals surface area (Å²) in [5, 5.41) is 5.81. The number of aromatic nitrogens is 2. The molecule has 0 saturated heterocycles. The van der Waals surface area contributed by atoms with Gasteiger partial charge in [-0.3, -0.25) is 4.79 Å². The van der Waals surface area contributed by atoms with Crippen LogP contribution in [-0.4, -0.2) is 15.5 Å². The lowest BCUT2D eigenvalue weighted by molar-refractivity contribution is -0.121. The number of carbonyl (C=O) groups is 1. The fourth-order valence-electron chi connectivity index (χ4n) is 2.31. The summed E-state index contributed by atoms with van der Waals surface area (Å²) in [6, 6.07) is 11.4. The maximum absolute atomic E-state index is 12.3. The largest absolute Gasteiger partial charge is 0.344 e. The third-order valence-electron chi connectivity index (χ3n) is 3.49. The van der Waals surface area contributed by atoms with E-state index in [2.05, 4.69) is 10.3 Å².